The largest absolute Gasteiger partial charge is 0.497 e. The van der Waals surface area contributed by atoms with Gasteiger partial charge < -0.3 is 24.4 Å². The van der Waals surface area contributed by atoms with E-state index in [2.05, 4.69) is 5.32 Å². The molecular formula is C28H35ClN4O5. The molecule has 0 aliphatic carbocycles. The van der Waals surface area contributed by atoms with Gasteiger partial charge in [0.2, 0.25) is 5.91 Å². The molecule has 0 saturated heterocycles. The number of hydrogen-bond donors (Lipinski definition) is 1. The topological polar surface area (TPSA) is 94.9 Å². The van der Waals surface area contributed by atoms with Crippen LogP contribution in [-0.2, 0) is 14.9 Å². The third-order valence-corrected chi connectivity index (χ3v) is 6.14. The van der Waals surface area contributed by atoms with Crippen molar-refractivity contribution >= 4 is 29.2 Å². The van der Waals surface area contributed by atoms with Gasteiger partial charge in [-0.2, -0.15) is 5.10 Å². The van der Waals surface area contributed by atoms with Gasteiger partial charge in [0.25, 0.3) is 5.91 Å². The van der Waals surface area contributed by atoms with Crippen LogP contribution in [0.1, 0.15) is 43.2 Å². The number of nitrogens with zero attached hydrogens (tertiary/aromatic N) is 3. The molecule has 1 heterocycles. The van der Waals surface area contributed by atoms with Crippen molar-refractivity contribution in [2.24, 2.45) is 0 Å². The molecule has 0 aliphatic heterocycles. The zero-order valence-electron chi connectivity index (χ0n) is 22.7. The maximum atomic E-state index is 13.5. The summed E-state index contributed by atoms with van der Waals surface area (Å²) >= 11 is 6.45. The van der Waals surface area contributed by atoms with Gasteiger partial charge in [-0.1, -0.05) is 44.5 Å². The Morgan fingerprint density at radius 3 is 2.26 bits per heavy atom. The highest BCUT2D eigenvalue weighted by Gasteiger charge is 2.24. The summed E-state index contributed by atoms with van der Waals surface area (Å²) in [5.74, 6) is 0.711. The van der Waals surface area contributed by atoms with E-state index in [1.54, 1.807) is 36.1 Å². The quantitative estimate of drug-likeness (QED) is 0.344. The van der Waals surface area contributed by atoms with Gasteiger partial charge in [-0.25, -0.2) is 4.68 Å². The number of carbonyl (C=O) groups excluding carboxylic acids is 2. The zero-order chi connectivity index (χ0) is 27.9. The van der Waals surface area contributed by atoms with E-state index < -0.39 is 0 Å². The predicted molar refractivity (Wildman–Crippen MR) is 148 cm³/mol. The Labute approximate surface area is 228 Å². The Balaban J connectivity index is 1.90. The van der Waals surface area contributed by atoms with Gasteiger partial charge in [0, 0.05) is 43.4 Å². The maximum absolute atomic E-state index is 13.5. The molecule has 0 spiro atoms. The number of hydrogen-bond acceptors (Lipinski definition) is 6. The van der Waals surface area contributed by atoms with Crippen LogP contribution in [0.5, 0.6) is 11.5 Å². The first-order valence-corrected chi connectivity index (χ1v) is 12.6. The fourth-order valence-corrected chi connectivity index (χ4v) is 3.98. The predicted octanol–water partition coefficient (Wildman–Crippen LogP) is 4.96. The Hall–Kier alpha value is -3.56. The molecule has 0 unspecified atom stereocenters. The average molecular weight is 543 g/mol. The normalized spacial score (nSPS) is 11.2. The molecule has 1 aromatic heterocycles. The van der Waals surface area contributed by atoms with Crippen molar-refractivity contribution in [3.05, 3.63) is 64.8 Å². The summed E-state index contributed by atoms with van der Waals surface area (Å²) in [5, 5.41) is 8.14. The van der Waals surface area contributed by atoms with Gasteiger partial charge in [-0.15, -0.1) is 0 Å². The third kappa shape index (κ3) is 7.26. The Kier molecular flexibility index (Phi) is 9.77. The second kappa shape index (κ2) is 12.8. The molecule has 1 N–H and O–H groups in total. The van der Waals surface area contributed by atoms with Crippen LogP contribution in [0.25, 0.3) is 5.69 Å². The summed E-state index contributed by atoms with van der Waals surface area (Å²) < 4.78 is 17.4. The number of carbonyl (C=O) groups is 2. The Morgan fingerprint density at radius 1 is 1.03 bits per heavy atom. The van der Waals surface area contributed by atoms with Crippen LogP contribution in [0.15, 0.2) is 48.5 Å². The van der Waals surface area contributed by atoms with E-state index in [1.165, 1.54) is 19.1 Å². The van der Waals surface area contributed by atoms with Crippen molar-refractivity contribution in [3.63, 3.8) is 0 Å². The molecule has 0 radical (unpaired) electrons. The van der Waals surface area contributed by atoms with Gasteiger partial charge in [0.05, 0.1) is 30.6 Å². The number of benzene rings is 2. The van der Waals surface area contributed by atoms with E-state index in [9.17, 15) is 9.59 Å². The molecular weight excluding hydrogens is 508 g/mol. The zero-order valence-corrected chi connectivity index (χ0v) is 23.5. The fraction of sp³-hybridized carbons (Fsp3) is 0.393. The second-order valence-electron chi connectivity index (χ2n) is 9.75. The second-order valence-corrected chi connectivity index (χ2v) is 10.2. The van der Waals surface area contributed by atoms with E-state index >= 15 is 0 Å². The van der Waals surface area contributed by atoms with Crippen LogP contribution in [0.2, 0.25) is 5.02 Å². The van der Waals surface area contributed by atoms with E-state index in [0.29, 0.717) is 53.2 Å². The number of rotatable bonds is 11. The van der Waals surface area contributed by atoms with Gasteiger partial charge in [-0.05, 0) is 30.7 Å². The highest BCUT2D eigenvalue weighted by Crippen LogP contribution is 2.29. The summed E-state index contributed by atoms with van der Waals surface area (Å²) in [4.78, 5) is 28.3. The summed E-state index contributed by atoms with van der Waals surface area (Å²) in [6, 6.07) is 14.0. The molecule has 3 aromatic rings. The van der Waals surface area contributed by atoms with Gasteiger partial charge in [0.15, 0.2) is 0 Å². The van der Waals surface area contributed by atoms with Crippen LogP contribution in [-0.4, -0.2) is 67.5 Å². The lowest BCUT2D eigenvalue weighted by molar-refractivity contribution is -0.117. The number of methoxy groups -OCH3 is 3. The van der Waals surface area contributed by atoms with Gasteiger partial charge in [0.1, 0.15) is 23.9 Å². The Morgan fingerprint density at radius 2 is 1.68 bits per heavy atom. The number of ether oxygens (including phenoxy) is 3. The Bertz CT molecular complexity index is 1250. The average Bonchev–Trinajstić information content (AvgIpc) is 3.31. The number of anilines is 1. The molecule has 0 aliphatic rings. The van der Waals surface area contributed by atoms with Crippen LogP contribution < -0.4 is 14.8 Å². The number of aromatic nitrogens is 2. The van der Waals surface area contributed by atoms with Crippen molar-refractivity contribution in [2.75, 3.05) is 46.3 Å². The minimum absolute atomic E-state index is 0.180. The first kappa shape index (κ1) is 29.0. The highest BCUT2D eigenvalue weighted by atomic mass is 35.5. The molecule has 38 heavy (non-hydrogen) atoms. The van der Waals surface area contributed by atoms with Crippen LogP contribution in [0, 0.1) is 0 Å². The van der Waals surface area contributed by atoms with Crippen LogP contribution in [0.3, 0.4) is 0 Å². The van der Waals surface area contributed by atoms with Crippen molar-refractivity contribution in [1.29, 1.82) is 0 Å². The summed E-state index contributed by atoms with van der Waals surface area (Å²) in [6.45, 7) is 6.70. The summed E-state index contributed by atoms with van der Waals surface area (Å²) in [5.41, 5.74) is 1.50. The molecule has 0 fully saturated rings. The van der Waals surface area contributed by atoms with E-state index in [4.69, 9.17) is 30.9 Å². The number of para-hydroxylation sites is 1. The molecule has 9 nitrogen and oxygen atoms in total. The summed E-state index contributed by atoms with van der Waals surface area (Å²) in [7, 11) is 4.62. The van der Waals surface area contributed by atoms with Crippen molar-refractivity contribution in [2.45, 2.75) is 32.6 Å². The lowest BCUT2D eigenvalue weighted by atomic mass is 9.92. The molecule has 2 aromatic carbocycles. The van der Waals surface area contributed by atoms with Gasteiger partial charge >= 0.3 is 0 Å². The van der Waals surface area contributed by atoms with Crippen LogP contribution >= 0.6 is 11.6 Å². The SMILES string of the molecule is COCCCN(CC(=O)Nc1cc(C(C)(C)C)nn1-c1ccccc1Cl)C(=O)c1cc(OC)cc(OC)c1. The minimum Gasteiger partial charge on any atom is -0.497 e. The first-order valence-electron chi connectivity index (χ1n) is 12.2. The first-order chi connectivity index (χ1) is 18.1. The van der Waals surface area contributed by atoms with Crippen LogP contribution in [0.4, 0.5) is 5.82 Å². The minimum atomic E-state index is -0.376. The smallest absolute Gasteiger partial charge is 0.254 e. The number of nitrogens with one attached hydrogen (secondary N) is 1. The van der Waals surface area contributed by atoms with Crippen molar-refractivity contribution in [3.8, 4) is 17.2 Å². The fourth-order valence-electron chi connectivity index (χ4n) is 3.77. The van der Waals surface area contributed by atoms with E-state index in [0.717, 1.165) is 5.69 Å². The molecule has 0 bridgehead atoms. The molecule has 10 heteroatoms. The monoisotopic (exact) mass is 542 g/mol. The molecule has 2 amide bonds. The summed E-state index contributed by atoms with van der Waals surface area (Å²) in [6.07, 6.45) is 0.558. The highest BCUT2D eigenvalue weighted by molar-refractivity contribution is 6.32. The molecule has 0 atom stereocenters. The van der Waals surface area contributed by atoms with Gasteiger partial charge in [-0.3, -0.25) is 9.59 Å². The number of amides is 2. The molecule has 0 saturated carbocycles. The molecule has 3 rings (SSSR count). The van der Waals surface area contributed by atoms with Crippen molar-refractivity contribution < 1.29 is 23.8 Å². The third-order valence-electron chi connectivity index (χ3n) is 5.82. The molecule has 204 valence electrons. The standard InChI is InChI=1S/C28H35ClN4O5/c1-28(2,3)24-17-25(33(31-24)23-11-8-7-10-22(23)29)30-26(34)18-32(12-9-13-36-4)27(35)19-14-20(37-5)16-21(15-19)38-6/h7-8,10-11,14-17H,9,12-13,18H2,1-6H3,(H,30,34). The maximum Gasteiger partial charge on any atom is 0.254 e. The lowest BCUT2D eigenvalue weighted by Crippen LogP contribution is -2.39. The lowest BCUT2D eigenvalue weighted by Gasteiger charge is -2.23. The number of halogens is 1. The van der Waals surface area contributed by atoms with E-state index in [-0.39, 0.29) is 23.8 Å². The van der Waals surface area contributed by atoms with E-state index in [1.807, 2.05) is 45.0 Å². The van der Waals surface area contributed by atoms with Crippen molar-refractivity contribution in [1.82, 2.24) is 14.7 Å².